The summed E-state index contributed by atoms with van der Waals surface area (Å²) < 4.78 is 38.0. The Balaban J connectivity index is 2.86. The highest BCUT2D eigenvalue weighted by Crippen LogP contribution is 2.36. The summed E-state index contributed by atoms with van der Waals surface area (Å²) in [7, 11) is 0. The summed E-state index contributed by atoms with van der Waals surface area (Å²) in [6.45, 7) is 3.80. The summed E-state index contributed by atoms with van der Waals surface area (Å²) in [5.74, 6) is -0.305. The summed E-state index contributed by atoms with van der Waals surface area (Å²) in [5, 5.41) is 1.95. The number of carbonyl (C=O) groups excluding carboxylic acids is 1. The molecule has 1 aromatic rings. The van der Waals surface area contributed by atoms with Crippen LogP contribution in [0.1, 0.15) is 25.8 Å². The number of hydrogen-bond acceptors (Lipinski definition) is 2. The number of alkyl halides is 3. The SMILES string of the molecule is CC(C)C[C@H](N)C(=O)Nc1ccc(Cl)c(C(F)(F)F)c1. The van der Waals surface area contributed by atoms with Crippen molar-refractivity contribution in [3.8, 4) is 0 Å². The largest absolute Gasteiger partial charge is 0.417 e. The van der Waals surface area contributed by atoms with Gasteiger partial charge in [-0.1, -0.05) is 25.4 Å². The molecule has 0 unspecified atom stereocenters. The Hall–Kier alpha value is -1.27. The number of carbonyl (C=O) groups is 1. The molecule has 0 radical (unpaired) electrons. The minimum Gasteiger partial charge on any atom is -0.325 e. The normalized spacial score (nSPS) is 13.4. The fraction of sp³-hybridized carbons (Fsp3) is 0.462. The quantitative estimate of drug-likeness (QED) is 0.891. The van der Waals surface area contributed by atoms with Crippen molar-refractivity contribution in [1.82, 2.24) is 0 Å². The summed E-state index contributed by atoms with van der Waals surface area (Å²) in [6, 6.07) is 2.42. The number of benzene rings is 1. The van der Waals surface area contributed by atoms with E-state index in [2.05, 4.69) is 5.32 Å². The van der Waals surface area contributed by atoms with E-state index in [0.29, 0.717) is 6.42 Å². The molecule has 1 rings (SSSR count). The molecular weight excluding hydrogens is 293 g/mol. The highest BCUT2D eigenvalue weighted by Gasteiger charge is 2.33. The minimum atomic E-state index is -4.57. The van der Waals surface area contributed by atoms with E-state index in [1.54, 1.807) is 0 Å². The molecule has 0 aliphatic carbocycles. The van der Waals surface area contributed by atoms with Gasteiger partial charge in [0.05, 0.1) is 16.6 Å². The number of hydrogen-bond donors (Lipinski definition) is 2. The van der Waals surface area contributed by atoms with Gasteiger partial charge in [0, 0.05) is 5.69 Å². The molecule has 20 heavy (non-hydrogen) atoms. The lowest BCUT2D eigenvalue weighted by molar-refractivity contribution is -0.137. The molecule has 3 nitrogen and oxygen atoms in total. The molecule has 0 aromatic heterocycles. The van der Waals surface area contributed by atoms with E-state index in [4.69, 9.17) is 17.3 Å². The maximum atomic E-state index is 12.7. The van der Waals surface area contributed by atoms with E-state index >= 15 is 0 Å². The third kappa shape index (κ3) is 4.68. The van der Waals surface area contributed by atoms with E-state index in [9.17, 15) is 18.0 Å². The number of nitrogens with two attached hydrogens (primary N) is 1. The van der Waals surface area contributed by atoms with Gasteiger partial charge in [-0.05, 0) is 30.5 Å². The molecule has 0 aliphatic heterocycles. The average Bonchev–Trinajstić information content (AvgIpc) is 2.29. The van der Waals surface area contributed by atoms with E-state index in [1.807, 2.05) is 13.8 Å². The lowest BCUT2D eigenvalue weighted by Crippen LogP contribution is -2.36. The summed E-state index contributed by atoms with van der Waals surface area (Å²) in [5.41, 5.74) is 4.69. The Kier molecular flexibility index (Phi) is 5.42. The Bertz CT molecular complexity index is 489. The smallest absolute Gasteiger partial charge is 0.325 e. The fourth-order valence-corrected chi connectivity index (χ4v) is 1.89. The first-order valence-corrected chi connectivity index (χ1v) is 6.42. The van der Waals surface area contributed by atoms with Crippen LogP contribution in [0.3, 0.4) is 0 Å². The highest BCUT2D eigenvalue weighted by molar-refractivity contribution is 6.31. The van der Waals surface area contributed by atoms with Crippen LogP contribution in [0.2, 0.25) is 5.02 Å². The molecule has 0 fully saturated rings. The predicted molar refractivity (Wildman–Crippen MR) is 72.5 cm³/mol. The Morgan fingerprint density at radius 3 is 2.50 bits per heavy atom. The first-order valence-electron chi connectivity index (χ1n) is 6.04. The molecule has 0 saturated carbocycles. The van der Waals surface area contributed by atoms with E-state index in [-0.39, 0.29) is 11.6 Å². The number of nitrogens with one attached hydrogen (secondary N) is 1. The number of rotatable bonds is 4. The molecule has 3 N–H and O–H groups in total. The lowest BCUT2D eigenvalue weighted by Gasteiger charge is -2.15. The summed E-state index contributed by atoms with van der Waals surface area (Å²) in [6.07, 6.45) is -4.12. The van der Waals surface area contributed by atoms with Gasteiger partial charge < -0.3 is 11.1 Å². The third-order valence-electron chi connectivity index (χ3n) is 2.60. The van der Waals surface area contributed by atoms with Crippen LogP contribution in [-0.2, 0) is 11.0 Å². The molecule has 0 aliphatic rings. The van der Waals surface area contributed by atoms with Gasteiger partial charge in [0.15, 0.2) is 0 Å². The second-order valence-corrected chi connectivity index (χ2v) is 5.32. The van der Waals surface area contributed by atoms with Crippen molar-refractivity contribution in [3.05, 3.63) is 28.8 Å². The first kappa shape index (κ1) is 16.8. The van der Waals surface area contributed by atoms with Crippen molar-refractivity contribution in [2.24, 2.45) is 11.7 Å². The third-order valence-corrected chi connectivity index (χ3v) is 2.93. The van der Waals surface area contributed by atoms with E-state index < -0.39 is 28.7 Å². The summed E-state index contributed by atoms with van der Waals surface area (Å²) in [4.78, 5) is 11.7. The predicted octanol–water partition coefficient (Wildman–Crippen LogP) is 3.67. The van der Waals surface area contributed by atoms with Crippen molar-refractivity contribution in [2.75, 3.05) is 5.32 Å². The molecule has 0 bridgehead atoms. The van der Waals surface area contributed by atoms with Crippen molar-refractivity contribution < 1.29 is 18.0 Å². The van der Waals surface area contributed by atoms with Gasteiger partial charge in [0.2, 0.25) is 5.91 Å². The van der Waals surface area contributed by atoms with E-state index in [0.717, 1.165) is 12.1 Å². The minimum absolute atomic E-state index is 0.0194. The molecule has 0 heterocycles. The monoisotopic (exact) mass is 308 g/mol. The molecule has 0 saturated heterocycles. The van der Waals surface area contributed by atoms with Crippen LogP contribution in [0.5, 0.6) is 0 Å². The molecule has 7 heteroatoms. The van der Waals surface area contributed by atoms with Crippen molar-refractivity contribution in [3.63, 3.8) is 0 Å². The Morgan fingerprint density at radius 1 is 1.40 bits per heavy atom. The van der Waals surface area contributed by atoms with Gasteiger partial charge in [-0.3, -0.25) is 4.79 Å². The molecule has 1 aromatic carbocycles. The van der Waals surface area contributed by atoms with Gasteiger partial charge in [0.25, 0.3) is 0 Å². The zero-order valence-corrected chi connectivity index (χ0v) is 11.8. The van der Waals surface area contributed by atoms with Crippen LogP contribution in [0, 0.1) is 5.92 Å². The van der Waals surface area contributed by atoms with Gasteiger partial charge in [-0.15, -0.1) is 0 Å². The van der Waals surface area contributed by atoms with E-state index in [1.165, 1.54) is 6.07 Å². The zero-order chi connectivity index (χ0) is 15.5. The molecule has 0 spiro atoms. The average molecular weight is 309 g/mol. The van der Waals surface area contributed by atoms with Crippen LogP contribution in [0.4, 0.5) is 18.9 Å². The second-order valence-electron chi connectivity index (χ2n) is 4.92. The standard InChI is InChI=1S/C13H16ClF3N2O/c1-7(2)5-11(18)12(20)19-8-3-4-10(14)9(6-8)13(15,16)17/h3-4,6-7,11H,5,18H2,1-2H3,(H,19,20)/t11-/m0/s1. The van der Waals surface area contributed by atoms with Crippen molar-refractivity contribution >= 4 is 23.2 Å². The maximum absolute atomic E-state index is 12.7. The van der Waals surface area contributed by atoms with Crippen LogP contribution in [0.25, 0.3) is 0 Å². The van der Waals surface area contributed by atoms with Crippen LogP contribution >= 0.6 is 11.6 Å². The van der Waals surface area contributed by atoms with Gasteiger partial charge >= 0.3 is 6.18 Å². The lowest BCUT2D eigenvalue weighted by atomic mass is 10.0. The Morgan fingerprint density at radius 2 is 2.00 bits per heavy atom. The van der Waals surface area contributed by atoms with Gasteiger partial charge in [-0.25, -0.2) is 0 Å². The molecule has 1 amide bonds. The van der Waals surface area contributed by atoms with Crippen LogP contribution < -0.4 is 11.1 Å². The number of halogens is 4. The highest BCUT2D eigenvalue weighted by atomic mass is 35.5. The Labute approximate surface area is 120 Å². The summed E-state index contributed by atoms with van der Waals surface area (Å²) >= 11 is 5.49. The molecular formula is C13H16ClF3N2O. The zero-order valence-electron chi connectivity index (χ0n) is 11.1. The number of anilines is 1. The second kappa shape index (κ2) is 6.45. The van der Waals surface area contributed by atoms with Crippen molar-refractivity contribution in [1.29, 1.82) is 0 Å². The van der Waals surface area contributed by atoms with Gasteiger partial charge in [-0.2, -0.15) is 13.2 Å². The van der Waals surface area contributed by atoms with Crippen LogP contribution in [-0.4, -0.2) is 11.9 Å². The van der Waals surface area contributed by atoms with Crippen LogP contribution in [0.15, 0.2) is 18.2 Å². The molecule has 1 atom stereocenters. The van der Waals surface area contributed by atoms with Crippen molar-refractivity contribution in [2.45, 2.75) is 32.5 Å². The molecule has 112 valence electrons. The topological polar surface area (TPSA) is 55.1 Å². The fourth-order valence-electron chi connectivity index (χ4n) is 1.67. The maximum Gasteiger partial charge on any atom is 0.417 e. The number of amides is 1. The van der Waals surface area contributed by atoms with Gasteiger partial charge in [0.1, 0.15) is 0 Å². The first-order chi connectivity index (χ1) is 9.11.